The van der Waals surface area contributed by atoms with Gasteiger partial charge in [-0.15, -0.1) is 0 Å². The maximum absolute atomic E-state index is 8.76. The number of hydrogen-bond donors (Lipinski definition) is 0. The van der Waals surface area contributed by atoms with Crippen molar-refractivity contribution in [1.29, 1.82) is 5.26 Å². The number of benzene rings is 1. The SMILES string of the molecule is COc1ccc(Cl)c(CC#N)c1OC(C)C. The van der Waals surface area contributed by atoms with Crippen LogP contribution in [0.25, 0.3) is 0 Å². The Morgan fingerprint density at radius 3 is 2.62 bits per heavy atom. The first kappa shape index (κ1) is 12.7. The number of nitriles is 1. The molecule has 0 aliphatic heterocycles. The van der Waals surface area contributed by atoms with Gasteiger partial charge in [-0.25, -0.2) is 0 Å². The maximum atomic E-state index is 8.76. The minimum absolute atomic E-state index is 0.00445. The fourth-order valence-corrected chi connectivity index (χ4v) is 1.57. The van der Waals surface area contributed by atoms with Crippen molar-refractivity contribution in [1.82, 2.24) is 0 Å². The second kappa shape index (κ2) is 5.62. The van der Waals surface area contributed by atoms with E-state index in [0.29, 0.717) is 22.1 Å². The summed E-state index contributed by atoms with van der Waals surface area (Å²) in [5, 5.41) is 9.29. The summed E-state index contributed by atoms with van der Waals surface area (Å²) in [5.74, 6) is 1.16. The van der Waals surface area contributed by atoms with Crippen molar-refractivity contribution < 1.29 is 9.47 Å². The van der Waals surface area contributed by atoms with Crippen LogP contribution in [0.5, 0.6) is 11.5 Å². The molecule has 0 atom stereocenters. The minimum Gasteiger partial charge on any atom is -0.493 e. The molecular weight excluding hydrogens is 226 g/mol. The van der Waals surface area contributed by atoms with Gasteiger partial charge in [0.2, 0.25) is 0 Å². The molecule has 4 heteroatoms. The molecule has 0 aliphatic carbocycles. The van der Waals surface area contributed by atoms with Crippen molar-refractivity contribution in [3.05, 3.63) is 22.7 Å². The van der Waals surface area contributed by atoms with Gasteiger partial charge in [-0.1, -0.05) is 11.6 Å². The summed E-state index contributed by atoms with van der Waals surface area (Å²) in [6, 6.07) is 5.52. The predicted octanol–water partition coefficient (Wildman–Crippen LogP) is 3.20. The van der Waals surface area contributed by atoms with Crippen LogP contribution in [-0.2, 0) is 6.42 Å². The average molecular weight is 240 g/mol. The third-order valence-electron chi connectivity index (χ3n) is 2.00. The summed E-state index contributed by atoms with van der Waals surface area (Å²) in [4.78, 5) is 0. The Morgan fingerprint density at radius 2 is 2.12 bits per heavy atom. The van der Waals surface area contributed by atoms with Crippen molar-refractivity contribution in [2.45, 2.75) is 26.4 Å². The zero-order chi connectivity index (χ0) is 12.1. The fourth-order valence-electron chi connectivity index (χ4n) is 1.35. The van der Waals surface area contributed by atoms with Gasteiger partial charge < -0.3 is 9.47 Å². The van der Waals surface area contributed by atoms with Crippen LogP contribution in [0.3, 0.4) is 0 Å². The van der Waals surface area contributed by atoms with Crippen molar-refractivity contribution in [2.75, 3.05) is 7.11 Å². The Kier molecular flexibility index (Phi) is 4.45. The summed E-state index contributed by atoms with van der Waals surface area (Å²) < 4.78 is 10.8. The molecule has 0 saturated carbocycles. The summed E-state index contributed by atoms with van der Waals surface area (Å²) >= 11 is 6.03. The number of halogens is 1. The van der Waals surface area contributed by atoms with E-state index in [1.54, 1.807) is 19.2 Å². The topological polar surface area (TPSA) is 42.2 Å². The van der Waals surface area contributed by atoms with E-state index in [-0.39, 0.29) is 12.5 Å². The molecule has 0 heterocycles. The maximum Gasteiger partial charge on any atom is 0.167 e. The smallest absolute Gasteiger partial charge is 0.167 e. The lowest BCUT2D eigenvalue weighted by molar-refractivity contribution is 0.228. The molecule has 0 spiro atoms. The number of methoxy groups -OCH3 is 1. The van der Waals surface area contributed by atoms with E-state index in [2.05, 4.69) is 6.07 Å². The third-order valence-corrected chi connectivity index (χ3v) is 2.35. The van der Waals surface area contributed by atoms with E-state index < -0.39 is 0 Å². The van der Waals surface area contributed by atoms with Crippen LogP contribution in [0.15, 0.2) is 12.1 Å². The van der Waals surface area contributed by atoms with Crippen LogP contribution in [0.1, 0.15) is 19.4 Å². The monoisotopic (exact) mass is 239 g/mol. The molecular formula is C12H14ClNO2. The Bertz CT molecular complexity index is 410. The number of hydrogen-bond acceptors (Lipinski definition) is 3. The Balaban J connectivity index is 3.25. The van der Waals surface area contributed by atoms with Crippen LogP contribution in [0.4, 0.5) is 0 Å². The van der Waals surface area contributed by atoms with Gasteiger partial charge in [-0.05, 0) is 26.0 Å². The zero-order valence-corrected chi connectivity index (χ0v) is 10.3. The summed E-state index contributed by atoms with van der Waals surface area (Å²) in [7, 11) is 1.56. The lowest BCUT2D eigenvalue weighted by atomic mass is 10.1. The highest BCUT2D eigenvalue weighted by Crippen LogP contribution is 2.36. The van der Waals surface area contributed by atoms with Gasteiger partial charge in [0.05, 0.1) is 25.7 Å². The van der Waals surface area contributed by atoms with Gasteiger partial charge in [0.15, 0.2) is 11.5 Å². The molecule has 3 nitrogen and oxygen atoms in total. The van der Waals surface area contributed by atoms with Gasteiger partial charge in [-0.2, -0.15) is 5.26 Å². The first-order valence-electron chi connectivity index (χ1n) is 4.99. The molecule has 1 rings (SSSR count). The first-order valence-corrected chi connectivity index (χ1v) is 5.37. The fraction of sp³-hybridized carbons (Fsp3) is 0.417. The second-order valence-electron chi connectivity index (χ2n) is 3.56. The van der Waals surface area contributed by atoms with E-state index in [4.69, 9.17) is 26.3 Å². The van der Waals surface area contributed by atoms with Crippen LogP contribution < -0.4 is 9.47 Å². The molecule has 86 valence electrons. The molecule has 0 aromatic heterocycles. The van der Waals surface area contributed by atoms with E-state index in [1.807, 2.05) is 13.8 Å². The number of ether oxygens (including phenoxy) is 2. The lowest BCUT2D eigenvalue weighted by Crippen LogP contribution is -2.09. The molecule has 0 bridgehead atoms. The molecule has 16 heavy (non-hydrogen) atoms. The van der Waals surface area contributed by atoms with Crippen molar-refractivity contribution in [3.63, 3.8) is 0 Å². The molecule has 0 N–H and O–H groups in total. The van der Waals surface area contributed by atoms with E-state index in [9.17, 15) is 0 Å². The molecule has 0 radical (unpaired) electrons. The quantitative estimate of drug-likeness (QED) is 0.810. The van der Waals surface area contributed by atoms with Crippen molar-refractivity contribution >= 4 is 11.6 Å². The summed E-state index contributed by atoms with van der Waals surface area (Å²) in [6.45, 7) is 3.83. The van der Waals surface area contributed by atoms with Crippen molar-refractivity contribution in [3.8, 4) is 17.6 Å². The molecule has 1 aromatic rings. The Labute approximate surface area is 101 Å². The summed E-state index contributed by atoms with van der Waals surface area (Å²) in [6.07, 6.45) is 0.211. The van der Waals surface area contributed by atoms with Crippen LogP contribution in [0, 0.1) is 11.3 Å². The highest BCUT2D eigenvalue weighted by atomic mass is 35.5. The molecule has 0 saturated heterocycles. The van der Waals surface area contributed by atoms with Gasteiger partial charge in [0.1, 0.15) is 0 Å². The number of rotatable bonds is 4. The van der Waals surface area contributed by atoms with Crippen LogP contribution in [0.2, 0.25) is 5.02 Å². The zero-order valence-electron chi connectivity index (χ0n) is 9.58. The number of nitrogens with zero attached hydrogens (tertiary/aromatic N) is 1. The van der Waals surface area contributed by atoms with Crippen molar-refractivity contribution in [2.24, 2.45) is 0 Å². The standard InChI is InChI=1S/C12H14ClNO2/c1-8(2)16-12-9(6-7-14)10(13)4-5-11(12)15-3/h4-5,8H,6H2,1-3H3. The predicted molar refractivity (Wildman–Crippen MR) is 63.1 cm³/mol. The molecule has 0 aliphatic rings. The molecule has 1 aromatic carbocycles. The highest BCUT2D eigenvalue weighted by Gasteiger charge is 2.15. The van der Waals surface area contributed by atoms with Gasteiger partial charge in [0.25, 0.3) is 0 Å². The van der Waals surface area contributed by atoms with Gasteiger partial charge >= 0.3 is 0 Å². The van der Waals surface area contributed by atoms with E-state index in [1.165, 1.54) is 0 Å². The lowest BCUT2D eigenvalue weighted by Gasteiger charge is -2.17. The summed E-state index contributed by atoms with van der Waals surface area (Å²) in [5.41, 5.74) is 0.678. The Morgan fingerprint density at radius 1 is 1.44 bits per heavy atom. The normalized spacial score (nSPS) is 10.0. The van der Waals surface area contributed by atoms with E-state index in [0.717, 1.165) is 0 Å². The van der Waals surface area contributed by atoms with Crippen LogP contribution in [-0.4, -0.2) is 13.2 Å². The molecule has 0 unspecified atom stereocenters. The second-order valence-corrected chi connectivity index (χ2v) is 3.97. The van der Waals surface area contributed by atoms with Gasteiger partial charge in [0, 0.05) is 10.6 Å². The average Bonchev–Trinajstić information content (AvgIpc) is 2.23. The largest absolute Gasteiger partial charge is 0.493 e. The molecule has 0 amide bonds. The highest BCUT2D eigenvalue weighted by molar-refractivity contribution is 6.31. The Hall–Kier alpha value is -1.40. The first-order chi connectivity index (χ1) is 7.60. The minimum atomic E-state index is 0.00445. The van der Waals surface area contributed by atoms with Crippen LogP contribution >= 0.6 is 11.6 Å². The van der Waals surface area contributed by atoms with E-state index >= 15 is 0 Å². The third kappa shape index (κ3) is 2.80. The van der Waals surface area contributed by atoms with Gasteiger partial charge in [-0.3, -0.25) is 0 Å². The molecule has 0 fully saturated rings.